The van der Waals surface area contributed by atoms with Crippen LogP contribution in [0.4, 0.5) is 0 Å². The average Bonchev–Trinajstić information content (AvgIpc) is 1.83. The zero-order valence-electron chi connectivity index (χ0n) is 6.50. The molecule has 0 aliphatic carbocycles. The SMILES string of the molecule is CC(C)(C)C(O)/C(N)=N/O. The van der Waals surface area contributed by atoms with Gasteiger partial charge in [-0.05, 0) is 5.41 Å². The Balaban J connectivity index is 4.23. The van der Waals surface area contributed by atoms with Crippen LogP contribution in [-0.2, 0) is 0 Å². The maximum absolute atomic E-state index is 9.24. The maximum Gasteiger partial charge on any atom is 0.168 e. The van der Waals surface area contributed by atoms with E-state index < -0.39 is 6.10 Å². The first-order valence-corrected chi connectivity index (χ1v) is 3.05. The highest BCUT2D eigenvalue weighted by atomic mass is 16.4. The van der Waals surface area contributed by atoms with Crippen molar-refractivity contribution in [1.82, 2.24) is 0 Å². The van der Waals surface area contributed by atoms with Gasteiger partial charge in [-0.2, -0.15) is 0 Å². The molecule has 0 spiro atoms. The van der Waals surface area contributed by atoms with E-state index in [4.69, 9.17) is 10.9 Å². The normalized spacial score (nSPS) is 17.0. The Labute approximate surface area is 60.3 Å². The molecule has 1 unspecified atom stereocenters. The number of rotatable bonds is 1. The van der Waals surface area contributed by atoms with Gasteiger partial charge in [-0.15, -0.1) is 0 Å². The summed E-state index contributed by atoms with van der Waals surface area (Å²) in [6.45, 7) is 5.40. The molecule has 10 heavy (non-hydrogen) atoms. The lowest BCUT2D eigenvalue weighted by Gasteiger charge is -2.23. The standard InChI is InChI=1S/C6H14N2O2/c1-6(2,3)4(9)5(7)8-10/h4,9-10H,1-3H3,(H2,7,8). The second-order valence-electron chi connectivity index (χ2n) is 3.29. The number of nitrogens with two attached hydrogens (primary N) is 1. The molecule has 0 rings (SSSR count). The summed E-state index contributed by atoms with van der Waals surface area (Å²) in [4.78, 5) is 0. The predicted octanol–water partition coefficient (Wildman–Crippen LogP) is 0.140. The van der Waals surface area contributed by atoms with Crippen LogP contribution in [0.1, 0.15) is 20.8 Å². The second-order valence-corrected chi connectivity index (χ2v) is 3.29. The molecule has 60 valence electrons. The number of nitrogens with zero attached hydrogens (tertiary/aromatic N) is 1. The van der Waals surface area contributed by atoms with Gasteiger partial charge in [0, 0.05) is 0 Å². The molecule has 0 heterocycles. The molecule has 0 saturated carbocycles. The van der Waals surface area contributed by atoms with Crippen LogP contribution >= 0.6 is 0 Å². The van der Waals surface area contributed by atoms with Gasteiger partial charge in [0.2, 0.25) is 0 Å². The Morgan fingerprint density at radius 2 is 1.90 bits per heavy atom. The summed E-state index contributed by atoms with van der Waals surface area (Å²) in [6.07, 6.45) is -0.891. The Kier molecular flexibility index (Phi) is 2.65. The lowest BCUT2D eigenvalue weighted by molar-refractivity contribution is 0.117. The van der Waals surface area contributed by atoms with E-state index in [1.807, 2.05) is 0 Å². The molecule has 4 nitrogen and oxygen atoms in total. The summed E-state index contributed by atoms with van der Waals surface area (Å²) in [5.74, 6) is -0.146. The van der Waals surface area contributed by atoms with Crippen molar-refractivity contribution in [3.8, 4) is 0 Å². The average molecular weight is 146 g/mol. The summed E-state index contributed by atoms with van der Waals surface area (Å²) >= 11 is 0. The Morgan fingerprint density at radius 1 is 1.50 bits per heavy atom. The van der Waals surface area contributed by atoms with Crippen molar-refractivity contribution in [2.75, 3.05) is 0 Å². The molecule has 0 aromatic heterocycles. The number of aliphatic hydroxyl groups excluding tert-OH is 1. The zero-order valence-corrected chi connectivity index (χ0v) is 6.50. The Hall–Kier alpha value is -0.770. The molecule has 0 bridgehead atoms. The lowest BCUT2D eigenvalue weighted by Crippen LogP contribution is -2.39. The predicted molar refractivity (Wildman–Crippen MR) is 38.9 cm³/mol. The van der Waals surface area contributed by atoms with Gasteiger partial charge in [-0.1, -0.05) is 25.9 Å². The van der Waals surface area contributed by atoms with Crippen molar-refractivity contribution >= 4 is 5.84 Å². The van der Waals surface area contributed by atoms with Crippen LogP contribution in [0.3, 0.4) is 0 Å². The molecular weight excluding hydrogens is 132 g/mol. The van der Waals surface area contributed by atoms with Gasteiger partial charge in [-0.3, -0.25) is 0 Å². The number of hydrogen-bond donors (Lipinski definition) is 3. The van der Waals surface area contributed by atoms with Crippen molar-refractivity contribution in [2.45, 2.75) is 26.9 Å². The number of hydrogen-bond acceptors (Lipinski definition) is 3. The van der Waals surface area contributed by atoms with Gasteiger partial charge in [-0.25, -0.2) is 0 Å². The van der Waals surface area contributed by atoms with Crippen LogP contribution in [0.5, 0.6) is 0 Å². The third kappa shape index (κ3) is 2.23. The molecule has 0 saturated heterocycles. The van der Waals surface area contributed by atoms with Crippen molar-refractivity contribution in [1.29, 1.82) is 0 Å². The Morgan fingerprint density at radius 3 is 2.00 bits per heavy atom. The van der Waals surface area contributed by atoms with Gasteiger partial charge in [0.05, 0.1) is 0 Å². The van der Waals surface area contributed by atoms with Gasteiger partial charge in [0.25, 0.3) is 0 Å². The number of amidine groups is 1. The van der Waals surface area contributed by atoms with Crippen molar-refractivity contribution in [3.63, 3.8) is 0 Å². The van der Waals surface area contributed by atoms with E-state index in [0.717, 1.165) is 0 Å². The first kappa shape index (κ1) is 9.23. The molecule has 0 aliphatic heterocycles. The summed E-state index contributed by atoms with van der Waals surface area (Å²) in [5, 5.41) is 20.1. The van der Waals surface area contributed by atoms with E-state index in [0.29, 0.717) is 0 Å². The minimum Gasteiger partial charge on any atom is -0.409 e. The Bertz CT molecular complexity index is 137. The van der Waals surface area contributed by atoms with E-state index in [1.165, 1.54) is 0 Å². The third-order valence-corrected chi connectivity index (χ3v) is 1.22. The second kappa shape index (κ2) is 2.88. The first-order chi connectivity index (χ1) is 4.39. The van der Waals surface area contributed by atoms with Crippen LogP contribution < -0.4 is 5.73 Å². The summed E-state index contributed by atoms with van der Waals surface area (Å²) in [5.41, 5.74) is 4.77. The fourth-order valence-corrected chi connectivity index (χ4v) is 0.498. The molecular formula is C6H14N2O2. The van der Waals surface area contributed by atoms with Crippen LogP contribution in [0.2, 0.25) is 0 Å². The quantitative estimate of drug-likeness (QED) is 0.213. The van der Waals surface area contributed by atoms with Crippen molar-refractivity contribution < 1.29 is 10.3 Å². The number of oxime groups is 1. The van der Waals surface area contributed by atoms with E-state index >= 15 is 0 Å². The van der Waals surface area contributed by atoms with E-state index in [-0.39, 0.29) is 11.3 Å². The van der Waals surface area contributed by atoms with E-state index in [2.05, 4.69) is 5.16 Å². The van der Waals surface area contributed by atoms with Crippen LogP contribution in [0.25, 0.3) is 0 Å². The highest BCUT2D eigenvalue weighted by molar-refractivity contribution is 5.84. The van der Waals surface area contributed by atoms with E-state index in [9.17, 15) is 5.11 Å². The van der Waals surface area contributed by atoms with Gasteiger partial charge >= 0.3 is 0 Å². The van der Waals surface area contributed by atoms with Crippen LogP contribution in [0, 0.1) is 5.41 Å². The fourth-order valence-electron chi connectivity index (χ4n) is 0.498. The molecule has 0 aliphatic rings. The molecule has 0 fully saturated rings. The van der Waals surface area contributed by atoms with Crippen LogP contribution in [-0.4, -0.2) is 22.3 Å². The summed E-state index contributed by atoms with van der Waals surface area (Å²) < 4.78 is 0. The molecule has 1 atom stereocenters. The van der Waals surface area contributed by atoms with Crippen LogP contribution in [0.15, 0.2) is 5.16 Å². The largest absolute Gasteiger partial charge is 0.409 e. The molecule has 0 aromatic carbocycles. The fraction of sp³-hybridized carbons (Fsp3) is 0.833. The van der Waals surface area contributed by atoms with Crippen molar-refractivity contribution in [2.24, 2.45) is 16.3 Å². The molecule has 4 N–H and O–H groups in total. The smallest absolute Gasteiger partial charge is 0.168 e. The number of aliphatic hydroxyl groups is 1. The van der Waals surface area contributed by atoms with E-state index in [1.54, 1.807) is 20.8 Å². The minimum atomic E-state index is -0.891. The lowest BCUT2D eigenvalue weighted by atomic mass is 9.89. The minimum absolute atomic E-state index is 0.146. The summed E-state index contributed by atoms with van der Waals surface area (Å²) in [7, 11) is 0. The molecule has 0 aromatic rings. The maximum atomic E-state index is 9.24. The molecule has 0 radical (unpaired) electrons. The van der Waals surface area contributed by atoms with Gasteiger partial charge in [0.15, 0.2) is 5.84 Å². The molecule has 0 amide bonds. The topological polar surface area (TPSA) is 78.8 Å². The van der Waals surface area contributed by atoms with Crippen molar-refractivity contribution in [3.05, 3.63) is 0 Å². The highest BCUT2D eigenvalue weighted by Crippen LogP contribution is 2.18. The zero-order chi connectivity index (χ0) is 8.36. The van der Waals surface area contributed by atoms with Gasteiger partial charge in [0.1, 0.15) is 6.10 Å². The molecule has 4 heteroatoms. The van der Waals surface area contributed by atoms with Gasteiger partial charge < -0.3 is 16.0 Å². The highest BCUT2D eigenvalue weighted by Gasteiger charge is 2.25. The summed E-state index contributed by atoms with van der Waals surface area (Å²) in [6, 6.07) is 0. The first-order valence-electron chi connectivity index (χ1n) is 3.05. The third-order valence-electron chi connectivity index (χ3n) is 1.22. The monoisotopic (exact) mass is 146 g/mol.